The molecule has 76 valence electrons. The maximum absolute atomic E-state index is 13.0. The fraction of sp³-hybridized carbons (Fsp3) is 0.300. The van der Waals surface area contributed by atoms with Crippen LogP contribution in [0, 0.1) is 18.6 Å². The third-order valence-electron chi connectivity index (χ3n) is 2.06. The van der Waals surface area contributed by atoms with Gasteiger partial charge in [-0.1, -0.05) is 6.07 Å². The third-order valence-corrected chi connectivity index (χ3v) is 2.06. The van der Waals surface area contributed by atoms with Crippen LogP contribution < -0.4 is 0 Å². The lowest BCUT2D eigenvalue weighted by Gasteiger charge is -2.05. The van der Waals surface area contributed by atoms with Gasteiger partial charge in [0.15, 0.2) is 11.6 Å². The number of carboxylic acids is 1. The summed E-state index contributed by atoms with van der Waals surface area (Å²) < 4.78 is 25.7. The molecule has 1 rings (SSSR count). The average Bonchev–Trinajstić information content (AvgIpc) is 2.13. The number of benzene rings is 1. The van der Waals surface area contributed by atoms with Gasteiger partial charge < -0.3 is 5.11 Å². The van der Waals surface area contributed by atoms with Crippen molar-refractivity contribution in [2.24, 2.45) is 0 Å². The summed E-state index contributed by atoms with van der Waals surface area (Å²) in [6, 6.07) is 2.43. The maximum Gasteiger partial charge on any atom is 0.303 e. The first-order valence-electron chi connectivity index (χ1n) is 4.17. The second-order valence-electron chi connectivity index (χ2n) is 3.04. The van der Waals surface area contributed by atoms with E-state index in [2.05, 4.69) is 0 Å². The molecule has 0 atom stereocenters. The van der Waals surface area contributed by atoms with E-state index in [-0.39, 0.29) is 18.4 Å². The van der Waals surface area contributed by atoms with Crippen LogP contribution in [0.3, 0.4) is 0 Å². The third kappa shape index (κ3) is 2.28. The Hall–Kier alpha value is -1.45. The monoisotopic (exact) mass is 200 g/mol. The highest BCUT2D eigenvalue weighted by Crippen LogP contribution is 2.17. The number of hydrogen-bond donors (Lipinski definition) is 1. The summed E-state index contributed by atoms with van der Waals surface area (Å²) in [5.74, 6) is -2.75. The Labute approximate surface area is 80.2 Å². The summed E-state index contributed by atoms with van der Waals surface area (Å²) in [6.07, 6.45) is 0.143. The van der Waals surface area contributed by atoms with Crippen molar-refractivity contribution in [1.29, 1.82) is 0 Å². The van der Waals surface area contributed by atoms with Gasteiger partial charge >= 0.3 is 5.97 Å². The molecule has 0 saturated carbocycles. The van der Waals surface area contributed by atoms with Crippen LogP contribution in [0.15, 0.2) is 12.1 Å². The average molecular weight is 200 g/mol. The highest BCUT2D eigenvalue weighted by molar-refractivity contribution is 5.67. The van der Waals surface area contributed by atoms with E-state index in [1.54, 1.807) is 0 Å². The minimum absolute atomic E-state index is 0.0775. The Bertz CT molecular complexity index is 361. The van der Waals surface area contributed by atoms with Crippen molar-refractivity contribution in [2.45, 2.75) is 19.8 Å². The first kappa shape index (κ1) is 10.6. The topological polar surface area (TPSA) is 37.3 Å². The summed E-state index contributed by atoms with van der Waals surface area (Å²) in [6.45, 7) is 1.44. The van der Waals surface area contributed by atoms with Crippen molar-refractivity contribution in [3.8, 4) is 0 Å². The van der Waals surface area contributed by atoms with Crippen molar-refractivity contribution in [3.05, 3.63) is 34.9 Å². The molecule has 0 aliphatic heterocycles. The fourth-order valence-corrected chi connectivity index (χ4v) is 1.20. The molecule has 0 heterocycles. The molecule has 2 nitrogen and oxygen atoms in total. The lowest BCUT2D eigenvalue weighted by atomic mass is 10.0. The quantitative estimate of drug-likeness (QED) is 0.812. The Morgan fingerprint density at radius 1 is 1.43 bits per heavy atom. The van der Waals surface area contributed by atoms with Gasteiger partial charge in [-0.2, -0.15) is 0 Å². The van der Waals surface area contributed by atoms with Crippen molar-refractivity contribution >= 4 is 5.97 Å². The van der Waals surface area contributed by atoms with Crippen molar-refractivity contribution < 1.29 is 18.7 Å². The smallest absolute Gasteiger partial charge is 0.303 e. The molecule has 1 aromatic rings. The molecule has 1 aromatic carbocycles. The SMILES string of the molecule is Cc1c(CCC(=O)O)ccc(F)c1F. The molecule has 0 bridgehead atoms. The predicted octanol–water partition coefficient (Wildman–Crippen LogP) is 2.29. The predicted molar refractivity (Wildman–Crippen MR) is 47.1 cm³/mol. The van der Waals surface area contributed by atoms with Gasteiger partial charge in [-0.15, -0.1) is 0 Å². The number of carbonyl (C=O) groups is 1. The molecule has 1 N–H and O–H groups in total. The number of aliphatic carboxylic acids is 1. The zero-order valence-corrected chi connectivity index (χ0v) is 7.68. The fourth-order valence-electron chi connectivity index (χ4n) is 1.20. The van der Waals surface area contributed by atoms with Crippen molar-refractivity contribution in [2.75, 3.05) is 0 Å². The first-order valence-corrected chi connectivity index (χ1v) is 4.17. The molecule has 0 unspecified atom stereocenters. The Balaban J connectivity index is 2.88. The number of carboxylic acid groups (broad SMARTS) is 1. The van der Waals surface area contributed by atoms with Gasteiger partial charge in [-0.05, 0) is 30.5 Å². The Kier molecular flexibility index (Phi) is 3.17. The van der Waals surface area contributed by atoms with Gasteiger partial charge in [0, 0.05) is 6.42 Å². The first-order chi connectivity index (χ1) is 6.52. The molecule has 14 heavy (non-hydrogen) atoms. The van der Waals surface area contributed by atoms with Gasteiger partial charge in [0.25, 0.3) is 0 Å². The Morgan fingerprint density at radius 2 is 2.07 bits per heavy atom. The molecule has 0 radical (unpaired) electrons. The normalized spacial score (nSPS) is 10.2. The van der Waals surface area contributed by atoms with Crippen molar-refractivity contribution in [3.63, 3.8) is 0 Å². The van der Waals surface area contributed by atoms with E-state index < -0.39 is 17.6 Å². The minimum atomic E-state index is -0.950. The minimum Gasteiger partial charge on any atom is -0.481 e. The maximum atomic E-state index is 13.0. The van der Waals surface area contributed by atoms with E-state index >= 15 is 0 Å². The second kappa shape index (κ2) is 4.17. The zero-order valence-electron chi connectivity index (χ0n) is 7.68. The number of hydrogen-bond acceptors (Lipinski definition) is 1. The van der Waals surface area contributed by atoms with Crippen LogP contribution >= 0.6 is 0 Å². The molecule has 0 aliphatic carbocycles. The second-order valence-corrected chi connectivity index (χ2v) is 3.04. The standard InChI is InChI=1S/C10H10F2O2/c1-6-7(3-5-9(13)14)2-4-8(11)10(6)12/h2,4H,3,5H2,1H3,(H,13,14). The van der Waals surface area contributed by atoms with E-state index in [0.717, 1.165) is 6.07 Å². The highest BCUT2D eigenvalue weighted by atomic mass is 19.2. The lowest BCUT2D eigenvalue weighted by Crippen LogP contribution is -2.01. The van der Waals surface area contributed by atoms with Crippen LogP contribution in [0.25, 0.3) is 0 Å². The molecule has 4 heteroatoms. The van der Waals surface area contributed by atoms with Crippen LogP contribution in [-0.2, 0) is 11.2 Å². The van der Waals surface area contributed by atoms with E-state index in [9.17, 15) is 13.6 Å². The largest absolute Gasteiger partial charge is 0.481 e. The summed E-state index contributed by atoms with van der Waals surface area (Å²) in [5.41, 5.74) is 0.720. The van der Waals surface area contributed by atoms with E-state index in [1.165, 1.54) is 13.0 Å². The molecular formula is C10H10F2O2. The summed E-state index contributed by atoms with van der Waals surface area (Å²) in [5, 5.41) is 8.42. The Morgan fingerprint density at radius 3 is 2.64 bits per heavy atom. The van der Waals surface area contributed by atoms with Gasteiger partial charge in [0.05, 0.1) is 0 Å². The summed E-state index contributed by atoms with van der Waals surface area (Å²) >= 11 is 0. The van der Waals surface area contributed by atoms with Crippen LogP contribution in [0.4, 0.5) is 8.78 Å². The van der Waals surface area contributed by atoms with Gasteiger partial charge in [0.2, 0.25) is 0 Å². The van der Waals surface area contributed by atoms with Crippen LogP contribution in [0.5, 0.6) is 0 Å². The zero-order chi connectivity index (χ0) is 10.7. The molecule has 0 aromatic heterocycles. The molecular weight excluding hydrogens is 190 g/mol. The number of aryl methyl sites for hydroxylation is 1. The summed E-state index contributed by atoms with van der Waals surface area (Å²) in [7, 11) is 0. The van der Waals surface area contributed by atoms with Crippen LogP contribution in [-0.4, -0.2) is 11.1 Å². The van der Waals surface area contributed by atoms with Crippen LogP contribution in [0.2, 0.25) is 0 Å². The molecule has 0 saturated heterocycles. The highest BCUT2D eigenvalue weighted by Gasteiger charge is 2.10. The summed E-state index contributed by atoms with van der Waals surface area (Å²) in [4.78, 5) is 10.3. The van der Waals surface area contributed by atoms with Gasteiger partial charge in [-0.25, -0.2) is 8.78 Å². The van der Waals surface area contributed by atoms with Crippen molar-refractivity contribution in [1.82, 2.24) is 0 Å². The van der Waals surface area contributed by atoms with Gasteiger partial charge in [-0.3, -0.25) is 4.79 Å². The molecule has 0 fully saturated rings. The van der Waals surface area contributed by atoms with E-state index in [4.69, 9.17) is 5.11 Å². The number of halogens is 2. The van der Waals surface area contributed by atoms with E-state index in [0.29, 0.717) is 5.56 Å². The molecule has 0 spiro atoms. The van der Waals surface area contributed by atoms with E-state index in [1.807, 2.05) is 0 Å². The number of rotatable bonds is 3. The molecule has 0 amide bonds. The molecule has 0 aliphatic rings. The van der Waals surface area contributed by atoms with Crippen LogP contribution in [0.1, 0.15) is 17.5 Å². The lowest BCUT2D eigenvalue weighted by molar-refractivity contribution is -0.136. The van der Waals surface area contributed by atoms with Gasteiger partial charge in [0.1, 0.15) is 0 Å².